The molecule has 3 fully saturated rings. The summed E-state index contributed by atoms with van der Waals surface area (Å²) in [4.78, 5) is 26.9. The fourth-order valence-electron chi connectivity index (χ4n) is 8.89. The van der Waals surface area contributed by atoms with Gasteiger partial charge < -0.3 is 29.4 Å². The van der Waals surface area contributed by atoms with E-state index in [2.05, 4.69) is 32.5 Å². The summed E-state index contributed by atoms with van der Waals surface area (Å²) >= 11 is 0. The highest BCUT2D eigenvalue weighted by Gasteiger charge is 2.68. The third kappa shape index (κ3) is 5.69. The molecule has 0 radical (unpaired) electrons. The van der Waals surface area contributed by atoms with Crippen LogP contribution in [0.2, 0.25) is 0 Å². The Kier molecular flexibility index (Phi) is 8.72. The summed E-state index contributed by atoms with van der Waals surface area (Å²) in [5.41, 5.74) is -1.28. The third-order valence-electron chi connectivity index (χ3n) is 11.6. The SMILES string of the molecule is C=C[C@]1(C)C[C@@H](OC(=O)COc2ccc3c(c2)B(O)N(C(=O)OC(C)(C)C)N=C3)[C@]2(C)[C@H](C)CC[C@]3(CCC(O)[C@H]32)[C@@H](C)[C@@H]1O. The van der Waals surface area contributed by atoms with Crippen LogP contribution >= 0.6 is 0 Å². The summed E-state index contributed by atoms with van der Waals surface area (Å²) in [6.45, 7) is 17.3. The number of ether oxygens (including phenoxy) is 3. The van der Waals surface area contributed by atoms with Crippen molar-refractivity contribution in [3.63, 3.8) is 0 Å². The van der Waals surface area contributed by atoms with E-state index in [1.807, 2.05) is 6.92 Å². The average Bonchev–Trinajstić information content (AvgIpc) is 3.33. The van der Waals surface area contributed by atoms with Crippen LogP contribution in [0, 0.1) is 34.0 Å². The second-order valence-corrected chi connectivity index (χ2v) is 15.3. The predicted octanol–water partition coefficient (Wildman–Crippen LogP) is 4.04. The molecule has 11 heteroatoms. The Labute approximate surface area is 266 Å². The summed E-state index contributed by atoms with van der Waals surface area (Å²) in [5, 5.41) is 38.1. The van der Waals surface area contributed by atoms with Gasteiger partial charge in [-0.3, -0.25) is 0 Å². The van der Waals surface area contributed by atoms with Crippen LogP contribution in [0.15, 0.2) is 36.0 Å². The maximum absolute atomic E-state index is 13.5. The Bertz CT molecular complexity index is 1360. The number of amides is 1. The van der Waals surface area contributed by atoms with Crippen molar-refractivity contribution in [2.24, 2.45) is 39.1 Å². The Hall–Kier alpha value is -2.89. The Morgan fingerprint density at radius 2 is 1.87 bits per heavy atom. The van der Waals surface area contributed by atoms with Crippen LogP contribution in [-0.2, 0) is 14.3 Å². The molecule has 1 aliphatic heterocycles. The normalized spacial score (nSPS) is 37.6. The molecule has 45 heavy (non-hydrogen) atoms. The number of fused-ring (bicyclic) bond motifs is 1. The Morgan fingerprint density at radius 1 is 1.18 bits per heavy atom. The molecule has 3 aliphatic carbocycles. The van der Waals surface area contributed by atoms with Crippen LogP contribution in [0.5, 0.6) is 5.75 Å². The highest BCUT2D eigenvalue weighted by molar-refractivity contribution is 6.67. The van der Waals surface area contributed by atoms with Gasteiger partial charge in [-0.05, 0) is 99.2 Å². The molecule has 1 heterocycles. The second-order valence-electron chi connectivity index (χ2n) is 15.3. The van der Waals surface area contributed by atoms with E-state index in [0.29, 0.717) is 29.6 Å². The summed E-state index contributed by atoms with van der Waals surface area (Å²) in [5.74, 6) is -0.255. The molecule has 5 rings (SSSR count). The second kappa shape index (κ2) is 11.7. The summed E-state index contributed by atoms with van der Waals surface area (Å²) in [7, 11) is -1.40. The van der Waals surface area contributed by atoms with E-state index < -0.39 is 53.9 Å². The zero-order valence-electron chi connectivity index (χ0n) is 27.7. The minimum Gasteiger partial charge on any atom is -0.482 e. The first-order valence-electron chi connectivity index (χ1n) is 16.2. The van der Waals surface area contributed by atoms with Gasteiger partial charge in [-0.15, -0.1) is 6.58 Å². The number of hydrazone groups is 1. The average molecular weight is 625 g/mol. The number of hydrogen-bond donors (Lipinski definition) is 3. The molecular formula is C34H49BN2O8. The number of aliphatic hydroxyl groups excluding tert-OH is 2. The number of rotatable bonds is 5. The van der Waals surface area contributed by atoms with E-state index in [0.717, 1.165) is 24.2 Å². The molecule has 0 saturated heterocycles. The Morgan fingerprint density at radius 3 is 2.53 bits per heavy atom. The number of esters is 1. The van der Waals surface area contributed by atoms with Crippen molar-refractivity contribution < 1.29 is 39.0 Å². The molecule has 0 spiro atoms. The van der Waals surface area contributed by atoms with Crippen molar-refractivity contribution in [1.29, 1.82) is 0 Å². The van der Waals surface area contributed by atoms with Gasteiger partial charge in [0.05, 0.1) is 18.4 Å². The number of hydrogen-bond acceptors (Lipinski definition) is 9. The zero-order chi connectivity index (χ0) is 33.1. The van der Waals surface area contributed by atoms with Gasteiger partial charge in [0.25, 0.3) is 0 Å². The maximum Gasteiger partial charge on any atom is 0.478 e. The van der Waals surface area contributed by atoms with Crippen LogP contribution in [0.25, 0.3) is 0 Å². The molecule has 9 atom stereocenters. The van der Waals surface area contributed by atoms with Crippen LogP contribution in [0.1, 0.15) is 86.1 Å². The molecule has 4 aliphatic rings. The summed E-state index contributed by atoms with van der Waals surface area (Å²) < 4.78 is 17.5. The number of aliphatic hydroxyl groups is 2. The number of benzene rings is 1. The van der Waals surface area contributed by atoms with E-state index >= 15 is 0 Å². The molecule has 1 unspecified atom stereocenters. The van der Waals surface area contributed by atoms with E-state index in [-0.39, 0.29) is 29.8 Å². The van der Waals surface area contributed by atoms with Gasteiger partial charge in [-0.1, -0.05) is 39.8 Å². The summed E-state index contributed by atoms with van der Waals surface area (Å²) in [6, 6.07) is 4.91. The molecule has 0 aromatic heterocycles. The first-order chi connectivity index (χ1) is 21.0. The van der Waals surface area contributed by atoms with Crippen molar-refractivity contribution in [1.82, 2.24) is 4.92 Å². The van der Waals surface area contributed by atoms with Crippen LogP contribution in [0.4, 0.5) is 4.79 Å². The Balaban J connectivity index is 1.36. The molecule has 10 nitrogen and oxygen atoms in total. The maximum atomic E-state index is 13.5. The lowest BCUT2D eigenvalue weighted by molar-refractivity contribution is -0.219. The van der Waals surface area contributed by atoms with E-state index in [4.69, 9.17) is 14.2 Å². The lowest BCUT2D eigenvalue weighted by atomic mass is 9.43. The minimum atomic E-state index is -1.40. The monoisotopic (exact) mass is 624 g/mol. The minimum absolute atomic E-state index is 0.0508. The number of carbonyl (C=O) groups is 2. The van der Waals surface area contributed by atoms with Crippen molar-refractivity contribution in [2.45, 2.75) is 104 Å². The van der Waals surface area contributed by atoms with Gasteiger partial charge in [0.15, 0.2) is 6.61 Å². The molecular weight excluding hydrogens is 575 g/mol. The first kappa shape index (κ1) is 33.5. The van der Waals surface area contributed by atoms with E-state index in [1.54, 1.807) is 45.0 Å². The molecule has 246 valence electrons. The van der Waals surface area contributed by atoms with E-state index in [1.165, 1.54) is 6.21 Å². The third-order valence-corrected chi connectivity index (χ3v) is 11.6. The van der Waals surface area contributed by atoms with Gasteiger partial charge >= 0.3 is 19.1 Å². The molecule has 1 aromatic carbocycles. The fourth-order valence-corrected chi connectivity index (χ4v) is 8.89. The quantitative estimate of drug-likeness (QED) is 0.254. The van der Waals surface area contributed by atoms with Crippen molar-refractivity contribution in [3.8, 4) is 5.75 Å². The molecule has 2 bridgehead atoms. The highest BCUT2D eigenvalue weighted by Crippen LogP contribution is 2.69. The largest absolute Gasteiger partial charge is 0.482 e. The molecule has 3 N–H and O–H groups in total. The van der Waals surface area contributed by atoms with Gasteiger partial charge in [0, 0.05) is 10.8 Å². The topological polar surface area (TPSA) is 138 Å². The van der Waals surface area contributed by atoms with Gasteiger partial charge in [-0.2, -0.15) is 5.10 Å². The standard InChI is InChI=1S/C34H49BN2O8/c1-9-32(7)17-26(33(8)20(2)12-14-34(21(3)29(32)40)15-13-25(38)28(33)34)44-27(39)19-43-23-11-10-22-18-36-37(35(42)24(22)16-23)30(41)45-31(4,5)6/h9-11,16,18,20-21,25-26,28-29,38,40,42H,1,12-15,17,19H2,2-8H3/t20-,21+,25?,26-,28+,29+,32-,33+,34+/m1/s1. The van der Waals surface area contributed by atoms with Gasteiger partial charge in [0.1, 0.15) is 17.5 Å². The van der Waals surface area contributed by atoms with Gasteiger partial charge in [0.2, 0.25) is 0 Å². The predicted molar refractivity (Wildman–Crippen MR) is 171 cm³/mol. The highest BCUT2D eigenvalue weighted by atomic mass is 16.6. The molecule has 3 saturated carbocycles. The lowest BCUT2D eigenvalue weighted by Crippen LogP contribution is -2.63. The van der Waals surface area contributed by atoms with Crippen molar-refractivity contribution in [2.75, 3.05) is 6.61 Å². The smallest absolute Gasteiger partial charge is 0.478 e. The van der Waals surface area contributed by atoms with E-state index in [9.17, 15) is 24.8 Å². The van der Waals surface area contributed by atoms with Crippen LogP contribution < -0.4 is 10.2 Å². The van der Waals surface area contributed by atoms with Crippen LogP contribution in [0.3, 0.4) is 0 Å². The fraction of sp³-hybridized carbons (Fsp3) is 0.676. The first-order valence-corrected chi connectivity index (χ1v) is 16.2. The number of carbonyl (C=O) groups excluding carboxylic acids is 2. The molecule has 1 amide bonds. The van der Waals surface area contributed by atoms with Crippen molar-refractivity contribution in [3.05, 3.63) is 36.4 Å². The van der Waals surface area contributed by atoms with Crippen LogP contribution in [-0.4, -0.2) is 76.0 Å². The number of nitrogens with zero attached hydrogens (tertiary/aromatic N) is 2. The molecule has 1 aromatic rings. The zero-order valence-corrected chi connectivity index (χ0v) is 27.7. The van der Waals surface area contributed by atoms with Crippen molar-refractivity contribution >= 4 is 30.8 Å². The van der Waals surface area contributed by atoms with Gasteiger partial charge in [-0.25, -0.2) is 14.5 Å². The summed E-state index contributed by atoms with van der Waals surface area (Å²) in [6.07, 6.45) is 4.33. The lowest BCUT2D eigenvalue weighted by Gasteiger charge is -2.63.